The monoisotopic (exact) mass is 383 g/mol. The summed E-state index contributed by atoms with van der Waals surface area (Å²) in [6.07, 6.45) is 0. The Morgan fingerprint density at radius 3 is 2.63 bits per heavy atom. The highest BCUT2D eigenvalue weighted by molar-refractivity contribution is 9.11. The predicted octanol–water partition coefficient (Wildman–Crippen LogP) is 3.78. The van der Waals surface area contributed by atoms with Gasteiger partial charge in [-0.2, -0.15) is 0 Å². The Kier molecular flexibility index (Phi) is 4.62. The van der Waals surface area contributed by atoms with Crippen LogP contribution < -0.4 is 4.72 Å². The third kappa shape index (κ3) is 3.76. The first-order valence-corrected chi connectivity index (χ1v) is 8.54. The van der Waals surface area contributed by atoms with Crippen LogP contribution in [0.15, 0.2) is 38.3 Å². The molecule has 19 heavy (non-hydrogen) atoms. The van der Waals surface area contributed by atoms with E-state index in [1.807, 2.05) is 0 Å². The van der Waals surface area contributed by atoms with Gasteiger partial charge in [0.25, 0.3) is 0 Å². The van der Waals surface area contributed by atoms with E-state index >= 15 is 0 Å². The molecule has 0 saturated heterocycles. The van der Waals surface area contributed by atoms with E-state index in [9.17, 15) is 12.8 Å². The van der Waals surface area contributed by atoms with E-state index in [0.717, 1.165) is 15.1 Å². The molecule has 0 amide bonds. The van der Waals surface area contributed by atoms with Crippen LogP contribution in [0.2, 0.25) is 5.02 Å². The Morgan fingerprint density at radius 2 is 2.05 bits per heavy atom. The molecule has 0 bridgehead atoms. The average molecular weight is 385 g/mol. The van der Waals surface area contributed by atoms with E-state index in [2.05, 4.69) is 20.7 Å². The molecule has 0 aliphatic carbocycles. The molecule has 0 unspecified atom stereocenters. The highest BCUT2D eigenvalue weighted by Gasteiger charge is 2.16. The fourth-order valence-corrected chi connectivity index (χ4v) is 4.62. The van der Waals surface area contributed by atoms with E-state index in [4.69, 9.17) is 11.6 Å². The van der Waals surface area contributed by atoms with Crippen LogP contribution in [0.25, 0.3) is 0 Å². The number of thiophene rings is 1. The van der Waals surface area contributed by atoms with Crippen LogP contribution in [0.1, 0.15) is 5.56 Å². The highest BCUT2D eigenvalue weighted by atomic mass is 79.9. The molecule has 2 aromatic rings. The topological polar surface area (TPSA) is 46.2 Å². The minimum atomic E-state index is -3.56. The molecule has 0 aliphatic rings. The second-order valence-electron chi connectivity index (χ2n) is 3.63. The van der Waals surface area contributed by atoms with Gasteiger partial charge < -0.3 is 0 Å². The van der Waals surface area contributed by atoms with Gasteiger partial charge in [0.05, 0.1) is 8.81 Å². The Morgan fingerprint density at radius 1 is 1.32 bits per heavy atom. The Labute approximate surface area is 127 Å². The number of halogens is 3. The Balaban J connectivity index is 2.11. The van der Waals surface area contributed by atoms with E-state index in [0.29, 0.717) is 5.56 Å². The lowest BCUT2D eigenvalue weighted by atomic mass is 10.2. The number of sulfonamides is 1. The number of nitrogens with one attached hydrogen (secondary N) is 1. The van der Waals surface area contributed by atoms with Crippen molar-refractivity contribution < 1.29 is 12.8 Å². The second kappa shape index (κ2) is 5.88. The molecule has 1 aromatic heterocycles. The molecule has 0 fully saturated rings. The van der Waals surface area contributed by atoms with Crippen molar-refractivity contribution in [1.82, 2.24) is 4.72 Å². The van der Waals surface area contributed by atoms with E-state index in [-0.39, 0.29) is 15.8 Å². The molecular weight excluding hydrogens is 377 g/mol. The maximum absolute atomic E-state index is 13.0. The largest absolute Gasteiger partial charge is 0.250 e. The predicted molar refractivity (Wildman–Crippen MR) is 77.5 cm³/mol. The molecule has 0 spiro atoms. The lowest BCUT2D eigenvalue weighted by Gasteiger charge is -2.05. The molecular formula is C11H8BrClFNO2S2. The molecule has 102 valence electrons. The Hall–Kier alpha value is -0.470. The van der Waals surface area contributed by atoms with Gasteiger partial charge >= 0.3 is 0 Å². The SMILES string of the molecule is O=S(=O)(NCc1ccc(F)c(Cl)c1)c1ccc(Br)s1. The van der Waals surface area contributed by atoms with E-state index in [1.54, 1.807) is 6.07 Å². The summed E-state index contributed by atoms with van der Waals surface area (Å²) >= 11 is 9.95. The smallest absolute Gasteiger partial charge is 0.206 e. The van der Waals surface area contributed by atoms with Gasteiger partial charge in [0.15, 0.2) is 0 Å². The van der Waals surface area contributed by atoms with Crippen LogP contribution in [0, 0.1) is 5.82 Å². The second-order valence-corrected chi connectivity index (χ2v) is 8.50. The normalized spacial score (nSPS) is 11.7. The van der Waals surface area contributed by atoms with Crippen LogP contribution in [0.3, 0.4) is 0 Å². The zero-order valence-corrected chi connectivity index (χ0v) is 13.3. The van der Waals surface area contributed by atoms with Gasteiger partial charge in [0.2, 0.25) is 10.0 Å². The third-order valence-corrected chi connectivity index (χ3v) is 6.07. The summed E-state index contributed by atoms with van der Waals surface area (Å²) < 4.78 is 40.2. The van der Waals surface area contributed by atoms with Gasteiger partial charge in [-0.05, 0) is 45.8 Å². The minimum absolute atomic E-state index is 0.0319. The van der Waals surface area contributed by atoms with Gasteiger partial charge in [-0.15, -0.1) is 11.3 Å². The van der Waals surface area contributed by atoms with Crippen LogP contribution in [0.4, 0.5) is 4.39 Å². The molecule has 2 rings (SSSR count). The Bertz CT molecular complexity index is 702. The van der Waals surface area contributed by atoms with Crippen molar-refractivity contribution in [1.29, 1.82) is 0 Å². The molecule has 0 radical (unpaired) electrons. The van der Waals surface area contributed by atoms with Crippen LogP contribution >= 0.6 is 38.9 Å². The summed E-state index contributed by atoms with van der Waals surface area (Å²) in [7, 11) is -3.56. The first-order valence-electron chi connectivity index (χ1n) is 5.07. The molecule has 1 heterocycles. The van der Waals surface area contributed by atoms with Crippen molar-refractivity contribution in [3.05, 3.63) is 50.5 Å². The van der Waals surface area contributed by atoms with Gasteiger partial charge in [0, 0.05) is 6.54 Å². The van der Waals surface area contributed by atoms with Crippen molar-refractivity contribution in [3.63, 3.8) is 0 Å². The summed E-state index contributed by atoms with van der Waals surface area (Å²) in [4.78, 5) is 0. The molecule has 0 saturated carbocycles. The first-order chi connectivity index (χ1) is 8.88. The maximum atomic E-state index is 13.0. The zero-order valence-electron chi connectivity index (χ0n) is 9.36. The third-order valence-electron chi connectivity index (χ3n) is 2.26. The zero-order chi connectivity index (χ0) is 14.0. The van der Waals surface area contributed by atoms with Crippen molar-refractivity contribution in [2.45, 2.75) is 10.8 Å². The van der Waals surface area contributed by atoms with Crippen LogP contribution in [0.5, 0.6) is 0 Å². The summed E-state index contributed by atoms with van der Waals surface area (Å²) in [5.41, 5.74) is 0.589. The van der Waals surface area contributed by atoms with Crippen LogP contribution in [-0.4, -0.2) is 8.42 Å². The minimum Gasteiger partial charge on any atom is -0.206 e. The fourth-order valence-electron chi connectivity index (χ4n) is 1.34. The maximum Gasteiger partial charge on any atom is 0.250 e. The molecule has 3 nitrogen and oxygen atoms in total. The first kappa shape index (κ1) is 14.9. The molecule has 1 N–H and O–H groups in total. The lowest BCUT2D eigenvalue weighted by molar-refractivity contribution is 0.583. The number of rotatable bonds is 4. The van der Waals surface area contributed by atoms with Crippen molar-refractivity contribution in [2.75, 3.05) is 0 Å². The van der Waals surface area contributed by atoms with Crippen molar-refractivity contribution in [3.8, 4) is 0 Å². The summed E-state index contributed by atoms with van der Waals surface area (Å²) in [6, 6.07) is 7.24. The summed E-state index contributed by atoms with van der Waals surface area (Å²) in [6.45, 7) is 0.0534. The van der Waals surface area contributed by atoms with Crippen molar-refractivity contribution >= 4 is 48.9 Å². The number of benzene rings is 1. The lowest BCUT2D eigenvalue weighted by Crippen LogP contribution is -2.22. The van der Waals surface area contributed by atoms with Crippen LogP contribution in [-0.2, 0) is 16.6 Å². The summed E-state index contributed by atoms with van der Waals surface area (Å²) in [5.74, 6) is -0.532. The fraction of sp³-hybridized carbons (Fsp3) is 0.0909. The van der Waals surface area contributed by atoms with E-state index in [1.165, 1.54) is 24.3 Å². The van der Waals surface area contributed by atoms with Crippen molar-refractivity contribution in [2.24, 2.45) is 0 Å². The molecule has 0 aliphatic heterocycles. The van der Waals surface area contributed by atoms with E-state index < -0.39 is 15.8 Å². The molecule has 8 heteroatoms. The van der Waals surface area contributed by atoms with Gasteiger partial charge in [-0.25, -0.2) is 17.5 Å². The summed E-state index contributed by atoms with van der Waals surface area (Å²) in [5, 5.41) is -0.0319. The average Bonchev–Trinajstić information content (AvgIpc) is 2.78. The number of hydrogen-bond donors (Lipinski definition) is 1. The standard InChI is InChI=1S/C11H8BrClFNO2S2/c12-10-3-4-11(18-10)19(16,17)15-6-7-1-2-9(14)8(13)5-7/h1-5,15H,6H2. The highest BCUT2D eigenvalue weighted by Crippen LogP contribution is 2.26. The quantitative estimate of drug-likeness (QED) is 0.872. The van der Waals surface area contributed by atoms with Gasteiger partial charge in [0.1, 0.15) is 10.0 Å². The number of hydrogen-bond acceptors (Lipinski definition) is 3. The van der Waals surface area contributed by atoms with Gasteiger partial charge in [-0.1, -0.05) is 17.7 Å². The molecule has 0 atom stereocenters. The van der Waals surface area contributed by atoms with Gasteiger partial charge in [-0.3, -0.25) is 0 Å². The molecule has 1 aromatic carbocycles.